The zero-order valence-corrected chi connectivity index (χ0v) is 33.6. The second kappa shape index (κ2) is 16.2. The van der Waals surface area contributed by atoms with Crippen LogP contribution in [-0.2, 0) is 19.6 Å². The third-order valence-corrected chi connectivity index (χ3v) is 16.9. The molecule has 1 saturated heterocycles. The lowest BCUT2D eigenvalue weighted by Gasteiger charge is -2.42. The van der Waals surface area contributed by atoms with Crippen molar-refractivity contribution in [2.45, 2.75) is 83.4 Å². The number of hydrogen-bond acceptors (Lipinski definition) is 7. The third kappa shape index (κ3) is 8.35. The first-order chi connectivity index (χ1) is 26.1. The minimum absolute atomic E-state index is 0.197. The predicted octanol–water partition coefficient (Wildman–Crippen LogP) is 8.08. The molecule has 2 heterocycles. The standard InChI is InChI=1S/C46H56N4O3Si/c1-45(2,54(51,38-11-7-5-8-12-38)39-13-9-6-10-14-39)25-26-46(27-28-46)34-50-29-23-35(24-30-50)19-21-42-40-20-22-43(41(32-49(3)4)44(40)53-48-42)52-33-37-17-15-36(31-47)16-18-37/h5-18,20,22,35,51H,19,21,23-30,32-34H2,1-4H3. The Morgan fingerprint density at radius 1 is 0.944 bits per heavy atom. The summed E-state index contributed by atoms with van der Waals surface area (Å²) in [4.78, 5) is 17.5. The van der Waals surface area contributed by atoms with E-state index in [1.807, 2.05) is 36.4 Å². The number of rotatable bonds is 16. The quantitative estimate of drug-likeness (QED) is 0.102. The molecule has 0 spiro atoms. The van der Waals surface area contributed by atoms with E-state index in [-0.39, 0.29) is 5.04 Å². The number of ether oxygens (including phenoxy) is 1. The molecule has 7 nitrogen and oxygen atoms in total. The van der Waals surface area contributed by atoms with Gasteiger partial charge < -0.3 is 23.9 Å². The Morgan fingerprint density at radius 3 is 2.19 bits per heavy atom. The molecule has 1 aromatic heterocycles. The summed E-state index contributed by atoms with van der Waals surface area (Å²) >= 11 is 0. The van der Waals surface area contributed by atoms with Crippen molar-refractivity contribution in [3.05, 3.63) is 119 Å². The number of benzene rings is 4. The van der Waals surface area contributed by atoms with Crippen molar-refractivity contribution >= 4 is 29.7 Å². The molecule has 2 fully saturated rings. The highest BCUT2D eigenvalue weighted by Crippen LogP contribution is 2.54. The van der Waals surface area contributed by atoms with Crippen molar-refractivity contribution in [1.82, 2.24) is 15.0 Å². The minimum Gasteiger partial charge on any atom is -0.488 e. The fourth-order valence-corrected chi connectivity index (χ4v) is 12.4. The van der Waals surface area contributed by atoms with E-state index in [4.69, 9.17) is 14.5 Å². The Bertz CT molecular complexity index is 1990. The molecule has 0 radical (unpaired) electrons. The van der Waals surface area contributed by atoms with E-state index in [0.717, 1.165) is 76.3 Å². The van der Waals surface area contributed by atoms with Gasteiger partial charge in [-0.3, -0.25) is 0 Å². The predicted molar refractivity (Wildman–Crippen MR) is 219 cm³/mol. The number of piperidine rings is 1. The molecule has 282 valence electrons. The second-order valence-corrected chi connectivity index (χ2v) is 20.9. The maximum Gasteiger partial charge on any atom is 0.258 e. The molecule has 1 N–H and O–H groups in total. The average Bonchev–Trinajstić information content (AvgIpc) is 3.84. The van der Waals surface area contributed by atoms with Crippen LogP contribution in [0.1, 0.15) is 81.2 Å². The van der Waals surface area contributed by atoms with Crippen molar-refractivity contribution in [1.29, 1.82) is 5.26 Å². The molecule has 0 bridgehead atoms. The number of hydrogen-bond donors (Lipinski definition) is 1. The SMILES string of the molecule is CN(C)Cc1c(OCc2ccc(C#N)cc2)ccc2c(CCC3CCN(CC4(CCC(C)(C)[Si](O)(c5ccccc5)c5ccccc5)CC4)CC3)noc12. The number of fused-ring (bicyclic) bond motifs is 1. The Kier molecular flexibility index (Phi) is 11.4. The van der Waals surface area contributed by atoms with Crippen molar-refractivity contribution in [2.24, 2.45) is 11.3 Å². The molecule has 0 atom stereocenters. The summed E-state index contributed by atoms with van der Waals surface area (Å²) in [5.74, 6) is 1.49. The van der Waals surface area contributed by atoms with Gasteiger partial charge in [0.25, 0.3) is 8.32 Å². The zero-order valence-electron chi connectivity index (χ0n) is 32.6. The van der Waals surface area contributed by atoms with Crippen molar-refractivity contribution in [2.75, 3.05) is 33.7 Å². The molecular weight excluding hydrogens is 685 g/mol. The van der Waals surface area contributed by atoms with Gasteiger partial charge in [-0.2, -0.15) is 5.26 Å². The number of nitriles is 1. The van der Waals surface area contributed by atoms with Gasteiger partial charge in [-0.15, -0.1) is 0 Å². The summed E-state index contributed by atoms with van der Waals surface area (Å²) in [6, 6.07) is 34.8. The monoisotopic (exact) mass is 740 g/mol. The molecule has 0 unspecified atom stereocenters. The van der Waals surface area contributed by atoms with E-state index in [0.29, 0.717) is 30.0 Å². The van der Waals surface area contributed by atoms with Gasteiger partial charge >= 0.3 is 0 Å². The number of aromatic nitrogens is 1. The van der Waals surface area contributed by atoms with Crippen LogP contribution in [0.2, 0.25) is 5.04 Å². The molecule has 7 rings (SSSR count). The summed E-state index contributed by atoms with van der Waals surface area (Å²) < 4.78 is 12.3. The van der Waals surface area contributed by atoms with E-state index in [2.05, 4.69) is 110 Å². The maximum absolute atomic E-state index is 12.7. The van der Waals surface area contributed by atoms with E-state index in [1.165, 1.54) is 38.6 Å². The normalized spacial score (nSPS) is 16.5. The number of nitrogens with zero attached hydrogens (tertiary/aromatic N) is 4. The fourth-order valence-electron chi connectivity index (χ4n) is 8.69. The first-order valence-corrected chi connectivity index (χ1v) is 21.8. The van der Waals surface area contributed by atoms with Crippen molar-refractivity contribution in [3.8, 4) is 11.8 Å². The summed E-state index contributed by atoms with van der Waals surface area (Å²) in [7, 11) is 1.12. The van der Waals surface area contributed by atoms with Crippen molar-refractivity contribution < 1.29 is 14.1 Å². The van der Waals surface area contributed by atoms with Gasteiger partial charge in [0, 0.05) is 18.5 Å². The Morgan fingerprint density at radius 2 is 1.59 bits per heavy atom. The Balaban J connectivity index is 0.930. The fraction of sp³-hybridized carbons (Fsp3) is 0.435. The van der Waals surface area contributed by atoms with E-state index < -0.39 is 8.32 Å². The molecule has 4 aromatic carbocycles. The van der Waals surface area contributed by atoms with Gasteiger partial charge in [0.2, 0.25) is 0 Å². The summed E-state index contributed by atoms with van der Waals surface area (Å²) in [6.45, 7) is 9.25. The van der Waals surface area contributed by atoms with Crippen LogP contribution in [-0.4, -0.2) is 61.8 Å². The van der Waals surface area contributed by atoms with Gasteiger partial charge in [0.1, 0.15) is 12.4 Å². The summed E-state index contributed by atoms with van der Waals surface area (Å²) in [6.07, 6.45) is 9.30. The molecular formula is C46H56N4O3Si. The van der Waals surface area contributed by atoms with Crippen LogP contribution in [0.3, 0.4) is 0 Å². The van der Waals surface area contributed by atoms with Gasteiger partial charge in [0.05, 0.1) is 22.9 Å². The first-order valence-electron chi connectivity index (χ1n) is 19.8. The van der Waals surface area contributed by atoms with Crippen LogP contribution < -0.4 is 15.1 Å². The Labute approximate surface area is 322 Å². The average molecular weight is 741 g/mol. The zero-order chi connectivity index (χ0) is 37.8. The van der Waals surface area contributed by atoms with Gasteiger partial charge in [0.15, 0.2) is 5.58 Å². The molecule has 54 heavy (non-hydrogen) atoms. The number of aryl methyl sites for hydroxylation is 1. The van der Waals surface area contributed by atoms with Crippen molar-refractivity contribution in [3.63, 3.8) is 0 Å². The second-order valence-electron chi connectivity index (χ2n) is 17.0. The molecule has 1 saturated carbocycles. The van der Waals surface area contributed by atoms with Crippen LogP contribution >= 0.6 is 0 Å². The molecule has 0 amide bonds. The van der Waals surface area contributed by atoms with Crippen LogP contribution in [0, 0.1) is 22.7 Å². The first kappa shape index (κ1) is 38.0. The smallest absolute Gasteiger partial charge is 0.258 e. The van der Waals surface area contributed by atoms with Crippen LogP contribution in [0.25, 0.3) is 11.0 Å². The van der Waals surface area contributed by atoms with Crippen LogP contribution in [0.15, 0.2) is 102 Å². The molecule has 2 aliphatic rings. The highest BCUT2D eigenvalue weighted by molar-refractivity contribution is 6.98. The highest BCUT2D eigenvalue weighted by atomic mass is 28.4. The molecule has 1 aliphatic heterocycles. The number of likely N-dealkylation sites (tertiary alicyclic amines) is 1. The van der Waals surface area contributed by atoms with E-state index in [9.17, 15) is 4.80 Å². The summed E-state index contributed by atoms with van der Waals surface area (Å²) in [5.41, 5.74) is 4.93. The maximum atomic E-state index is 12.7. The lowest BCUT2D eigenvalue weighted by Crippen LogP contribution is -2.65. The van der Waals surface area contributed by atoms with Crippen LogP contribution in [0.4, 0.5) is 0 Å². The molecule has 1 aliphatic carbocycles. The van der Waals surface area contributed by atoms with Gasteiger partial charge in [-0.1, -0.05) is 91.8 Å². The largest absolute Gasteiger partial charge is 0.488 e. The lowest BCUT2D eigenvalue weighted by molar-refractivity contribution is 0.143. The van der Waals surface area contributed by atoms with Gasteiger partial charge in [-0.25, -0.2) is 0 Å². The van der Waals surface area contributed by atoms with Crippen LogP contribution in [0.5, 0.6) is 5.75 Å². The summed E-state index contributed by atoms with van der Waals surface area (Å²) in [5, 5.41) is 16.8. The van der Waals surface area contributed by atoms with E-state index >= 15 is 0 Å². The Hall–Kier alpha value is -4.26. The third-order valence-electron chi connectivity index (χ3n) is 12.4. The molecule has 8 heteroatoms. The molecule has 5 aromatic rings. The topological polar surface area (TPSA) is 85.8 Å². The lowest BCUT2D eigenvalue weighted by atomic mass is 9.89. The minimum atomic E-state index is -2.99. The highest BCUT2D eigenvalue weighted by Gasteiger charge is 2.52. The van der Waals surface area contributed by atoms with E-state index in [1.54, 1.807) is 0 Å². The van der Waals surface area contributed by atoms with Gasteiger partial charge in [-0.05, 0) is 135 Å².